The zero-order valence-electron chi connectivity index (χ0n) is 16.2. The summed E-state index contributed by atoms with van der Waals surface area (Å²) in [5.74, 6) is 1.32. The number of sulfonamides is 1. The van der Waals surface area contributed by atoms with Gasteiger partial charge in [0.05, 0.1) is 11.9 Å². The molecule has 0 amide bonds. The minimum Gasteiger partial charge on any atom is -0.423 e. The maximum Gasteiger partial charge on any atom is 0.234 e. The van der Waals surface area contributed by atoms with Gasteiger partial charge < -0.3 is 4.42 Å². The van der Waals surface area contributed by atoms with Crippen molar-refractivity contribution in [2.75, 3.05) is 25.9 Å². The molecule has 28 heavy (non-hydrogen) atoms. The van der Waals surface area contributed by atoms with Gasteiger partial charge in [-0.3, -0.25) is 9.88 Å². The molecule has 2 aliphatic rings. The summed E-state index contributed by atoms with van der Waals surface area (Å²) < 4.78 is 31.7. The number of pyridine rings is 1. The Morgan fingerprint density at radius 2 is 1.86 bits per heavy atom. The molecule has 2 saturated heterocycles. The fourth-order valence-corrected chi connectivity index (χ4v) is 5.27. The second-order valence-corrected chi connectivity index (χ2v) is 9.67. The molecule has 2 fully saturated rings. The van der Waals surface area contributed by atoms with Gasteiger partial charge in [-0.05, 0) is 50.9 Å². The molecule has 0 N–H and O–H groups in total. The summed E-state index contributed by atoms with van der Waals surface area (Å²) in [6.45, 7) is 3.29. The van der Waals surface area contributed by atoms with Gasteiger partial charge in [-0.25, -0.2) is 8.42 Å². The molecule has 152 valence electrons. The summed E-state index contributed by atoms with van der Waals surface area (Å²) in [5, 5.41) is 8.49. The van der Waals surface area contributed by atoms with Gasteiger partial charge in [0.25, 0.3) is 0 Å². The van der Waals surface area contributed by atoms with Crippen LogP contribution in [0.15, 0.2) is 28.8 Å². The van der Waals surface area contributed by atoms with Crippen molar-refractivity contribution in [3.05, 3.63) is 41.9 Å². The zero-order chi connectivity index (χ0) is 19.6. The number of piperidine rings is 2. The standard InChI is InChI=1S/C19H27N5O3S/c1-28(25,26)24-11-5-3-7-17(24)19-22-21-18(27-19)15-8-12-23(13-9-15)14-16-6-2-4-10-20-16/h2,4,6,10,15,17H,3,5,7-9,11-14H2,1H3. The normalized spacial score (nSPS) is 23.1. The molecule has 1 atom stereocenters. The lowest BCUT2D eigenvalue weighted by atomic mass is 9.97. The van der Waals surface area contributed by atoms with E-state index in [1.54, 1.807) is 0 Å². The van der Waals surface area contributed by atoms with Gasteiger partial charge in [0.2, 0.25) is 21.8 Å². The van der Waals surface area contributed by atoms with Crippen LogP contribution in [0.5, 0.6) is 0 Å². The number of nitrogens with zero attached hydrogens (tertiary/aromatic N) is 5. The van der Waals surface area contributed by atoms with Crippen LogP contribution in [0.4, 0.5) is 0 Å². The third-order valence-electron chi connectivity index (χ3n) is 5.67. The Kier molecular flexibility index (Phi) is 5.75. The first-order valence-corrected chi connectivity index (χ1v) is 11.8. The SMILES string of the molecule is CS(=O)(=O)N1CCCCC1c1nnc(C2CCN(Cc3ccccn3)CC2)o1. The Hall–Kier alpha value is -1.84. The number of rotatable bonds is 5. The molecular formula is C19H27N5O3S. The molecule has 8 nitrogen and oxygen atoms in total. The van der Waals surface area contributed by atoms with Crippen LogP contribution in [0.25, 0.3) is 0 Å². The summed E-state index contributed by atoms with van der Waals surface area (Å²) in [5.41, 5.74) is 1.08. The quantitative estimate of drug-likeness (QED) is 0.754. The van der Waals surface area contributed by atoms with Gasteiger partial charge in [-0.2, -0.15) is 4.31 Å². The van der Waals surface area contributed by atoms with Crippen molar-refractivity contribution in [2.24, 2.45) is 0 Å². The molecule has 2 aliphatic heterocycles. The molecule has 1 unspecified atom stereocenters. The number of hydrogen-bond acceptors (Lipinski definition) is 7. The highest BCUT2D eigenvalue weighted by molar-refractivity contribution is 7.88. The Morgan fingerprint density at radius 1 is 1.07 bits per heavy atom. The van der Waals surface area contributed by atoms with Crippen LogP contribution in [-0.4, -0.2) is 58.7 Å². The molecule has 9 heteroatoms. The van der Waals surface area contributed by atoms with Gasteiger partial charge in [-0.1, -0.05) is 12.5 Å². The molecule has 0 radical (unpaired) electrons. The molecule has 2 aromatic rings. The van der Waals surface area contributed by atoms with Crippen LogP contribution >= 0.6 is 0 Å². The van der Waals surface area contributed by atoms with E-state index in [1.165, 1.54) is 10.6 Å². The predicted octanol–water partition coefficient (Wildman–Crippen LogP) is 2.33. The molecular weight excluding hydrogens is 378 g/mol. The molecule has 4 rings (SSSR count). The first kappa shape index (κ1) is 19.5. The highest BCUT2D eigenvalue weighted by Gasteiger charge is 2.35. The van der Waals surface area contributed by atoms with E-state index >= 15 is 0 Å². The Morgan fingerprint density at radius 3 is 2.57 bits per heavy atom. The monoisotopic (exact) mass is 405 g/mol. The summed E-state index contributed by atoms with van der Waals surface area (Å²) in [6.07, 6.45) is 7.56. The van der Waals surface area contributed by atoms with E-state index in [-0.39, 0.29) is 12.0 Å². The van der Waals surface area contributed by atoms with Gasteiger partial charge in [-0.15, -0.1) is 10.2 Å². The molecule has 2 aromatic heterocycles. The highest BCUT2D eigenvalue weighted by Crippen LogP contribution is 2.34. The molecule has 0 aromatic carbocycles. The molecule has 0 spiro atoms. The smallest absolute Gasteiger partial charge is 0.234 e. The topological polar surface area (TPSA) is 92.4 Å². The Bertz CT molecular complexity index is 878. The Labute approximate surface area is 166 Å². The van der Waals surface area contributed by atoms with Crippen molar-refractivity contribution in [1.82, 2.24) is 24.4 Å². The van der Waals surface area contributed by atoms with Gasteiger partial charge in [0.15, 0.2) is 0 Å². The van der Waals surface area contributed by atoms with Crippen LogP contribution in [0.3, 0.4) is 0 Å². The van der Waals surface area contributed by atoms with Crippen LogP contribution in [0.2, 0.25) is 0 Å². The van der Waals surface area contributed by atoms with Crippen molar-refractivity contribution in [3.63, 3.8) is 0 Å². The Balaban J connectivity index is 1.38. The molecule has 0 aliphatic carbocycles. The lowest BCUT2D eigenvalue weighted by Gasteiger charge is -2.31. The summed E-state index contributed by atoms with van der Waals surface area (Å²) in [6, 6.07) is 5.67. The third kappa shape index (κ3) is 4.42. The summed E-state index contributed by atoms with van der Waals surface area (Å²) in [7, 11) is -3.28. The van der Waals surface area contributed by atoms with E-state index in [9.17, 15) is 8.42 Å². The fourth-order valence-electron chi connectivity index (χ4n) is 4.15. The van der Waals surface area contributed by atoms with E-state index in [4.69, 9.17) is 4.42 Å². The van der Waals surface area contributed by atoms with Crippen LogP contribution < -0.4 is 0 Å². The first-order chi connectivity index (χ1) is 13.5. The van der Waals surface area contributed by atoms with E-state index in [1.807, 2.05) is 24.4 Å². The second-order valence-electron chi connectivity index (χ2n) is 7.74. The largest absolute Gasteiger partial charge is 0.423 e. The maximum absolute atomic E-state index is 12.1. The third-order valence-corrected chi connectivity index (χ3v) is 6.96. The number of aromatic nitrogens is 3. The molecule has 4 heterocycles. The summed E-state index contributed by atoms with van der Waals surface area (Å²) >= 11 is 0. The average Bonchev–Trinajstić information content (AvgIpc) is 3.19. The second kappa shape index (κ2) is 8.26. The number of likely N-dealkylation sites (tertiary alicyclic amines) is 1. The van der Waals surface area contributed by atoms with Crippen molar-refractivity contribution in [2.45, 2.75) is 50.6 Å². The van der Waals surface area contributed by atoms with Crippen molar-refractivity contribution < 1.29 is 12.8 Å². The van der Waals surface area contributed by atoms with Crippen molar-refractivity contribution in [1.29, 1.82) is 0 Å². The van der Waals surface area contributed by atoms with Crippen LogP contribution in [0.1, 0.15) is 61.5 Å². The van der Waals surface area contributed by atoms with Gasteiger partial charge in [0.1, 0.15) is 6.04 Å². The maximum atomic E-state index is 12.1. The average molecular weight is 406 g/mol. The van der Waals surface area contributed by atoms with E-state index in [0.29, 0.717) is 18.3 Å². The lowest BCUT2D eigenvalue weighted by molar-refractivity contribution is 0.182. The fraction of sp³-hybridized carbons (Fsp3) is 0.632. The van der Waals surface area contributed by atoms with Crippen LogP contribution in [0, 0.1) is 0 Å². The predicted molar refractivity (Wildman–Crippen MR) is 104 cm³/mol. The minimum absolute atomic E-state index is 0.233. The van der Waals surface area contributed by atoms with Crippen molar-refractivity contribution >= 4 is 10.0 Å². The summed E-state index contributed by atoms with van der Waals surface area (Å²) in [4.78, 5) is 6.79. The lowest BCUT2D eigenvalue weighted by Crippen LogP contribution is -2.37. The van der Waals surface area contributed by atoms with Gasteiger partial charge in [0, 0.05) is 25.2 Å². The van der Waals surface area contributed by atoms with Crippen molar-refractivity contribution in [3.8, 4) is 0 Å². The zero-order valence-corrected chi connectivity index (χ0v) is 17.0. The minimum atomic E-state index is -3.28. The molecule has 0 bridgehead atoms. The van der Waals surface area contributed by atoms with E-state index in [2.05, 4.69) is 20.1 Å². The number of hydrogen-bond donors (Lipinski definition) is 0. The molecule has 0 saturated carbocycles. The first-order valence-electron chi connectivity index (χ1n) is 9.93. The van der Waals surface area contributed by atoms with Gasteiger partial charge >= 0.3 is 0 Å². The van der Waals surface area contributed by atoms with Crippen LogP contribution in [-0.2, 0) is 16.6 Å². The van der Waals surface area contributed by atoms with E-state index < -0.39 is 10.0 Å². The van der Waals surface area contributed by atoms with E-state index in [0.717, 1.165) is 57.4 Å². The highest BCUT2D eigenvalue weighted by atomic mass is 32.2.